The smallest absolute Gasteiger partial charge is 0.0333 e. The van der Waals surface area contributed by atoms with E-state index in [1.807, 2.05) is 17.4 Å². The first-order valence-electron chi connectivity index (χ1n) is 7.52. The van der Waals surface area contributed by atoms with Crippen LogP contribution in [-0.4, -0.2) is 30.6 Å². The molecule has 2 aliphatic rings. The van der Waals surface area contributed by atoms with Gasteiger partial charge in [0, 0.05) is 23.5 Å². The van der Waals surface area contributed by atoms with Gasteiger partial charge >= 0.3 is 0 Å². The summed E-state index contributed by atoms with van der Waals surface area (Å²) in [4.78, 5) is 4.12. The van der Waals surface area contributed by atoms with Gasteiger partial charge < -0.3 is 5.32 Å². The average molecular weight is 276 g/mol. The van der Waals surface area contributed by atoms with E-state index in [0.29, 0.717) is 12.1 Å². The highest BCUT2D eigenvalue weighted by Crippen LogP contribution is 2.34. The minimum atomic E-state index is 0.617. The van der Waals surface area contributed by atoms with Crippen LogP contribution < -0.4 is 5.32 Å². The highest BCUT2D eigenvalue weighted by atomic mass is 32.1. The topological polar surface area (TPSA) is 15.3 Å². The van der Waals surface area contributed by atoms with Crippen molar-refractivity contribution in [3.8, 4) is 0 Å². The van der Waals surface area contributed by atoms with Gasteiger partial charge in [0.2, 0.25) is 0 Å². The first kappa shape index (κ1) is 13.3. The number of aryl methyl sites for hydroxylation is 1. The Hall–Kier alpha value is -0.640. The zero-order chi connectivity index (χ0) is 13.1. The van der Waals surface area contributed by atoms with Crippen LogP contribution in [0.1, 0.15) is 42.2 Å². The van der Waals surface area contributed by atoms with Gasteiger partial charge in [0.05, 0.1) is 0 Å². The third-order valence-electron chi connectivity index (χ3n) is 4.46. The fourth-order valence-corrected chi connectivity index (χ4v) is 4.40. The third-order valence-corrected chi connectivity index (χ3v) is 5.46. The molecular weight excluding hydrogens is 252 g/mol. The molecule has 1 fully saturated rings. The van der Waals surface area contributed by atoms with Crippen molar-refractivity contribution >= 4 is 11.3 Å². The molecular formula is C16H24N2S. The van der Waals surface area contributed by atoms with E-state index in [4.69, 9.17) is 0 Å². The molecule has 1 saturated heterocycles. The normalized spacial score (nSPS) is 25.2. The summed E-state index contributed by atoms with van der Waals surface area (Å²) in [5.41, 5.74) is 1.59. The van der Waals surface area contributed by atoms with E-state index < -0.39 is 0 Å². The fourth-order valence-electron chi connectivity index (χ4n) is 3.41. The van der Waals surface area contributed by atoms with E-state index in [0.717, 1.165) is 6.54 Å². The van der Waals surface area contributed by atoms with Gasteiger partial charge in [-0.15, -0.1) is 17.9 Å². The Kier molecular flexibility index (Phi) is 4.36. The van der Waals surface area contributed by atoms with Crippen LogP contribution in [0.4, 0.5) is 0 Å². The number of fused-ring (bicyclic) bond motifs is 1. The van der Waals surface area contributed by atoms with Gasteiger partial charge in [-0.25, -0.2) is 0 Å². The third kappa shape index (κ3) is 3.10. The van der Waals surface area contributed by atoms with Crippen molar-refractivity contribution in [1.29, 1.82) is 0 Å². The maximum absolute atomic E-state index is 3.92. The van der Waals surface area contributed by atoms with Crippen LogP contribution in [0.3, 0.4) is 0 Å². The van der Waals surface area contributed by atoms with Crippen molar-refractivity contribution in [2.75, 3.05) is 19.6 Å². The van der Waals surface area contributed by atoms with Crippen molar-refractivity contribution < 1.29 is 0 Å². The van der Waals surface area contributed by atoms with Crippen LogP contribution in [0.5, 0.6) is 0 Å². The summed E-state index contributed by atoms with van der Waals surface area (Å²) >= 11 is 1.94. The molecule has 0 spiro atoms. The summed E-state index contributed by atoms with van der Waals surface area (Å²) in [7, 11) is 0. The molecule has 1 N–H and O–H groups in total. The van der Waals surface area contributed by atoms with E-state index in [-0.39, 0.29) is 0 Å². The summed E-state index contributed by atoms with van der Waals surface area (Å²) in [6.45, 7) is 7.31. The van der Waals surface area contributed by atoms with Gasteiger partial charge in [-0.1, -0.05) is 6.08 Å². The number of hydrogen-bond donors (Lipinski definition) is 1. The molecule has 0 amide bonds. The second-order valence-corrected chi connectivity index (χ2v) is 6.77. The van der Waals surface area contributed by atoms with E-state index in [1.54, 1.807) is 10.4 Å². The Balaban J connectivity index is 1.55. The molecule has 1 aliphatic heterocycles. The minimum absolute atomic E-state index is 0.617. The van der Waals surface area contributed by atoms with Crippen molar-refractivity contribution in [3.05, 3.63) is 34.5 Å². The number of nitrogens with one attached hydrogen (secondary N) is 1. The molecule has 1 aromatic heterocycles. The molecule has 0 saturated carbocycles. The molecule has 1 aliphatic carbocycles. The molecule has 0 bridgehead atoms. The quantitative estimate of drug-likeness (QED) is 0.848. The van der Waals surface area contributed by atoms with Crippen molar-refractivity contribution in [1.82, 2.24) is 10.2 Å². The Labute approximate surface area is 120 Å². The average Bonchev–Trinajstić information content (AvgIpc) is 2.91. The number of hydrogen-bond acceptors (Lipinski definition) is 3. The highest BCUT2D eigenvalue weighted by molar-refractivity contribution is 7.10. The lowest BCUT2D eigenvalue weighted by Gasteiger charge is -2.35. The van der Waals surface area contributed by atoms with Crippen LogP contribution >= 0.6 is 11.3 Å². The zero-order valence-electron chi connectivity index (χ0n) is 11.6. The second-order valence-electron chi connectivity index (χ2n) is 5.77. The molecule has 3 rings (SSSR count). The van der Waals surface area contributed by atoms with Gasteiger partial charge in [-0.3, -0.25) is 4.90 Å². The predicted octanol–water partition coefficient (Wildman–Crippen LogP) is 3.37. The number of thiophene rings is 1. The molecule has 19 heavy (non-hydrogen) atoms. The Morgan fingerprint density at radius 1 is 1.37 bits per heavy atom. The fraction of sp³-hybridized carbons (Fsp3) is 0.625. The Morgan fingerprint density at radius 2 is 2.21 bits per heavy atom. The highest BCUT2D eigenvalue weighted by Gasteiger charge is 2.25. The monoisotopic (exact) mass is 276 g/mol. The summed E-state index contributed by atoms with van der Waals surface area (Å²) < 4.78 is 0. The van der Waals surface area contributed by atoms with E-state index >= 15 is 0 Å². The van der Waals surface area contributed by atoms with Gasteiger partial charge in [0.1, 0.15) is 0 Å². The lowest BCUT2D eigenvalue weighted by molar-refractivity contribution is 0.204. The molecule has 0 aromatic carbocycles. The van der Waals surface area contributed by atoms with Crippen LogP contribution in [0.15, 0.2) is 24.1 Å². The molecule has 1 atom stereocenters. The van der Waals surface area contributed by atoms with E-state index in [2.05, 4.69) is 28.2 Å². The first-order valence-corrected chi connectivity index (χ1v) is 8.40. The molecule has 0 radical (unpaired) electrons. The second kappa shape index (κ2) is 6.21. The number of piperidine rings is 1. The standard InChI is InChI=1S/C16H24N2S/c1-2-9-18-10-6-13(7-11-18)17-15-4-3-5-16-14(15)8-12-19-16/h2,8,12-13,15,17H,1,3-7,9-11H2/t15-/m0/s1. The first-order chi connectivity index (χ1) is 9.36. The maximum Gasteiger partial charge on any atom is 0.0333 e. The summed E-state index contributed by atoms with van der Waals surface area (Å²) in [6.07, 6.45) is 8.54. The van der Waals surface area contributed by atoms with Crippen LogP contribution in [0.2, 0.25) is 0 Å². The predicted molar refractivity (Wildman–Crippen MR) is 82.8 cm³/mol. The van der Waals surface area contributed by atoms with Crippen LogP contribution in [-0.2, 0) is 6.42 Å². The largest absolute Gasteiger partial charge is 0.307 e. The summed E-state index contributed by atoms with van der Waals surface area (Å²) in [5.74, 6) is 0. The molecule has 2 heterocycles. The molecule has 0 unspecified atom stereocenters. The SMILES string of the molecule is C=CCN1CCC(N[C@H]2CCCc3sccc32)CC1. The van der Waals surface area contributed by atoms with Crippen molar-refractivity contribution in [3.63, 3.8) is 0 Å². The number of likely N-dealkylation sites (tertiary alicyclic amines) is 1. The van der Waals surface area contributed by atoms with Crippen molar-refractivity contribution in [2.24, 2.45) is 0 Å². The van der Waals surface area contributed by atoms with Crippen LogP contribution in [0.25, 0.3) is 0 Å². The van der Waals surface area contributed by atoms with Gasteiger partial charge in [-0.2, -0.15) is 0 Å². The van der Waals surface area contributed by atoms with E-state index in [1.165, 1.54) is 45.2 Å². The molecule has 3 heteroatoms. The van der Waals surface area contributed by atoms with Crippen molar-refractivity contribution in [2.45, 2.75) is 44.2 Å². The lowest BCUT2D eigenvalue weighted by Crippen LogP contribution is -2.44. The lowest BCUT2D eigenvalue weighted by atomic mass is 9.92. The number of nitrogens with zero attached hydrogens (tertiary/aromatic N) is 1. The van der Waals surface area contributed by atoms with Gasteiger partial charge in [0.25, 0.3) is 0 Å². The zero-order valence-corrected chi connectivity index (χ0v) is 12.4. The van der Waals surface area contributed by atoms with Crippen LogP contribution in [0, 0.1) is 0 Å². The maximum atomic E-state index is 3.92. The Morgan fingerprint density at radius 3 is 3.00 bits per heavy atom. The van der Waals surface area contributed by atoms with Gasteiger partial charge in [-0.05, 0) is 62.2 Å². The minimum Gasteiger partial charge on any atom is -0.307 e. The molecule has 104 valence electrons. The summed E-state index contributed by atoms with van der Waals surface area (Å²) in [6, 6.07) is 3.66. The summed E-state index contributed by atoms with van der Waals surface area (Å²) in [5, 5.41) is 6.18. The Bertz CT molecular complexity index is 418. The van der Waals surface area contributed by atoms with Gasteiger partial charge in [0.15, 0.2) is 0 Å². The molecule has 1 aromatic rings. The van der Waals surface area contributed by atoms with E-state index in [9.17, 15) is 0 Å². The number of rotatable bonds is 4. The molecule has 2 nitrogen and oxygen atoms in total.